The van der Waals surface area contributed by atoms with Crippen molar-refractivity contribution in [2.24, 2.45) is 0 Å². The first-order chi connectivity index (χ1) is 7.70. The normalized spacial score (nSPS) is 15.4. The molecule has 0 saturated carbocycles. The number of ether oxygens (including phenoxy) is 1. The van der Waals surface area contributed by atoms with Gasteiger partial charge in [0.05, 0.1) is 24.4 Å². The predicted octanol–water partition coefficient (Wildman–Crippen LogP) is 0.560. The summed E-state index contributed by atoms with van der Waals surface area (Å²) in [5.74, 6) is 0.457. The van der Waals surface area contributed by atoms with E-state index in [4.69, 9.17) is 0 Å². The van der Waals surface area contributed by atoms with Gasteiger partial charge in [0.1, 0.15) is 5.82 Å². The molecule has 1 aromatic rings. The quantitative estimate of drug-likeness (QED) is 0.730. The minimum absolute atomic E-state index is 0.345. The number of aromatic nitrogens is 1. The number of esters is 1. The highest BCUT2D eigenvalue weighted by Crippen LogP contribution is 2.13. The van der Waals surface area contributed by atoms with Gasteiger partial charge in [-0.25, -0.2) is 9.78 Å². The Morgan fingerprint density at radius 1 is 1.56 bits per heavy atom. The highest BCUT2D eigenvalue weighted by atomic mass is 16.5. The lowest BCUT2D eigenvalue weighted by molar-refractivity contribution is 0.0599. The number of anilines is 1. The van der Waals surface area contributed by atoms with E-state index in [-0.39, 0.29) is 5.97 Å². The first-order valence-electron chi connectivity index (χ1n) is 5.24. The standard InChI is InChI=1S/C11H15N3O2/c1-7-9(11(15)16-2)3-4-10(13-7)14-8-5-12-6-8/h3-4,8,12H,5-6H2,1-2H3,(H,13,14). The van der Waals surface area contributed by atoms with E-state index in [0.717, 1.165) is 18.9 Å². The summed E-state index contributed by atoms with van der Waals surface area (Å²) in [7, 11) is 1.37. The molecule has 1 aromatic heterocycles. The molecule has 5 heteroatoms. The van der Waals surface area contributed by atoms with Gasteiger partial charge in [-0.15, -0.1) is 0 Å². The van der Waals surface area contributed by atoms with Crippen LogP contribution in [0.4, 0.5) is 5.82 Å². The Labute approximate surface area is 94.2 Å². The van der Waals surface area contributed by atoms with Crippen LogP contribution >= 0.6 is 0 Å². The van der Waals surface area contributed by atoms with Gasteiger partial charge in [0, 0.05) is 13.1 Å². The molecule has 1 fully saturated rings. The van der Waals surface area contributed by atoms with E-state index in [1.807, 2.05) is 0 Å². The topological polar surface area (TPSA) is 63.2 Å². The number of hydrogen-bond acceptors (Lipinski definition) is 5. The first-order valence-corrected chi connectivity index (χ1v) is 5.24. The Balaban J connectivity index is 2.11. The van der Waals surface area contributed by atoms with Crippen LogP contribution in [-0.2, 0) is 4.74 Å². The number of nitrogens with zero attached hydrogens (tertiary/aromatic N) is 1. The molecule has 16 heavy (non-hydrogen) atoms. The SMILES string of the molecule is COC(=O)c1ccc(NC2CNC2)nc1C. The molecule has 0 radical (unpaired) electrons. The predicted molar refractivity (Wildman–Crippen MR) is 60.6 cm³/mol. The number of hydrogen-bond donors (Lipinski definition) is 2. The lowest BCUT2D eigenvalue weighted by atomic mass is 10.1. The number of pyridine rings is 1. The molecular formula is C11H15N3O2. The average Bonchev–Trinajstić information content (AvgIpc) is 2.23. The van der Waals surface area contributed by atoms with Gasteiger partial charge in [-0.1, -0.05) is 0 Å². The number of aryl methyl sites for hydroxylation is 1. The minimum atomic E-state index is -0.345. The fraction of sp³-hybridized carbons (Fsp3) is 0.455. The van der Waals surface area contributed by atoms with Crippen molar-refractivity contribution in [3.05, 3.63) is 23.4 Å². The molecule has 0 aliphatic carbocycles. The molecule has 2 heterocycles. The van der Waals surface area contributed by atoms with Gasteiger partial charge in [0.25, 0.3) is 0 Å². The Morgan fingerprint density at radius 2 is 2.31 bits per heavy atom. The van der Waals surface area contributed by atoms with Crippen molar-refractivity contribution in [1.82, 2.24) is 10.3 Å². The molecular weight excluding hydrogens is 206 g/mol. The van der Waals surface area contributed by atoms with E-state index in [0.29, 0.717) is 17.3 Å². The summed E-state index contributed by atoms with van der Waals surface area (Å²) in [6.45, 7) is 3.72. The van der Waals surface area contributed by atoms with Crippen molar-refractivity contribution in [3.63, 3.8) is 0 Å². The molecule has 1 aliphatic rings. The number of carbonyl (C=O) groups is 1. The van der Waals surface area contributed by atoms with Gasteiger partial charge in [0.2, 0.25) is 0 Å². The number of carbonyl (C=O) groups excluding carboxylic acids is 1. The van der Waals surface area contributed by atoms with E-state index in [1.165, 1.54) is 7.11 Å². The van der Waals surface area contributed by atoms with Crippen molar-refractivity contribution in [3.8, 4) is 0 Å². The van der Waals surface area contributed by atoms with Crippen molar-refractivity contribution < 1.29 is 9.53 Å². The lowest BCUT2D eigenvalue weighted by Crippen LogP contribution is -2.51. The Hall–Kier alpha value is -1.62. The summed E-state index contributed by atoms with van der Waals surface area (Å²) < 4.78 is 4.66. The highest BCUT2D eigenvalue weighted by molar-refractivity contribution is 5.90. The van der Waals surface area contributed by atoms with E-state index in [1.54, 1.807) is 19.1 Å². The number of rotatable bonds is 3. The maximum Gasteiger partial charge on any atom is 0.339 e. The molecule has 2 N–H and O–H groups in total. The minimum Gasteiger partial charge on any atom is -0.465 e. The van der Waals surface area contributed by atoms with Crippen LogP contribution in [-0.4, -0.2) is 37.2 Å². The summed E-state index contributed by atoms with van der Waals surface area (Å²) in [4.78, 5) is 15.7. The third-order valence-electron chi connectivity index (χ3n) is 2.62. The first kappa shape index (κ1) is 10.9. The fourth-order valence-corrected chi connectivity index (χ4v) is 1.57. The molecule has 0 unspecified atom stereocenters. The van der Waals surface area contributed by atoms with Gasteiger partial charge >= 0.3 is 5.97 Å². The second-order valence-corrected chi connectivity index (χ2v) is 3.82. The number of nitrogens with one attached hydrogen (secondary N) is 2. The maximum absolute atomic E-state index is 11.3. The van der Waals surface area contributed by atoms with Crippen molar-refractivity contribution in [1.29, 1.82) is 0 Å². The average molecular weight is 221 g/mol. The summed E-state index contributed by atoms with van der Waals surface area (Å²) >= 11 is 0. The van der Waals surface area contributed by atoms with Crippen LogP contribution in [0, 0.1) is 6.92 Å². The molecule has 0 amide bonds. The summed E-state index contributed by atoms with van der Waals surface area (Å²) in [6.07, 6.45) is 0. The van der Waals surface area contributed by atoms with Crippen LogP contribution in [0.1, 0.15) is 16.1 Å². The monoisotopic (exact) mass is 221 g/mol. The van der Waals surface area contributed by atoms with Crippen LogP contribution in [0.2, 0.25) is 0 Å². The molecule has 5 nitrogen and oxygen atoms in total. The fourth-order valence-electron chi connectivity index (χ4n) is 1.57. The maximum atomic E-state index is 11.3. The van der Waals surface area contributed by atoms with E-state index < -0.39 is 0 Å². The smallest absolute Gasteiger partial charge is 0.339 e. The summed E-state index contributed by atoms with van der Waals surface area (Å²) in [6, 6.07) is 3.98. The van der Waals surface area contributed by atoms with Gasteiger partial charge in [-0.3, -0.25) is 0 Å². The van der Waals surface area contributed by atoms with Crippen molar-refractivity contribution in [2.45, 2.75) is 13.0 Å². The summed E-state index contributed by atoms with van der Waals surface area (Å²) in [5, 5.41) is 6.45. The van der Waals surface area contributed by atoms with Gasteiger partial charge in [-0.05, 0) is 19.1 Å². The molecule has 0 spiro atoms. The van der Waals surface area contributed by atoms with Crippen LogP contribution in [0.15, 0.2) is 12.1 Å². The molecule has 0 bridgehead atoms. The molecule has 2 rings (SSSR count). The molecule has 0 aromatic carbocycles. The Bertz CT molecular complexity index is 402. The van der Waals surface area contributed by atoms with E-state index in [9.17, 15) is 4.79 Å². The van der Waals surface area contributed by atoms with Crippen LogP contribution in [0.5, 0.6) is 0 Å². The molecule has 86 valence electrons. The van der Waals surface area contributed by atoms with Gasteiger partial charge in [0.15, 0.2) is 0 Å². The zero-order valence-electron chi connectivity index (χ0n) is 9.41. The third-order valence-corrected chi connectivity index (χ3v) is 2.62. The second kappa shape index (κ2) is 4.49. The van der Waals surface area contributed by atoms with Gasteiger partial charge in [-0.2, -0.15) is 0 Å². The Kier molecular flexibility index (Phi) is 3.05. The lowest BCUT2D eigenvalue weighted by Gasteiger charge is -2.28. The Morgan fingerprint density at radius 3 is 2.81 bits per heavy atom. The molecule has 1 saturated heterocycles. The van der Waals surface area contributed by atoms with Crippen molar-refractivity contribution in [2.75, 3.05) is 25.5 Å². The van der Waals surface area contributed by atoms with Gasteiger partial charge < -0.3 is 15.4 Å². The van der Waals surface area contributed by atoms with Crippen LogP contribution in [0.3, 0.4) is 0 Å². The molecule has 0 atom stereocenters. The largest absolute Gasteiger partial charge is 0.465 e. The number of methoxy groups -OCH3 is 1. The van der Waals surface area contributed by atoms with E-state index >= 15 is 0 Å². The summed E-state index contributed by atoms with van der Waals surface area (Å²) in [5.41, 5.74) is 1.20. The third kappa shape index (κ3) is 2.14. The second-order valence-electron chi connectivity index (χ2n) is 3.82. The van der Waals surface area contributed by atoms with Crippen LogP contribution < -0.4 is 10.6 Å². The van der Waals surface area contributed by atoms with Crippen molar-refractivity contribution >= 4 is 11.8 Å². The zero-order chi connectivity index (χ0) is 11.5. The zero-order valence-corrected chi connectivity index (χ0v) is 9.41. The molecule has 1 aliphatic heterocycles. The highest BCUT2D eigenvalue weighted by Gasteiger charge is 2.17. The van der Waals surface area contributed by atoms with Crippen LogP contribution in [0.25, 0.3) is 0 Å². The van der Waals surface area contributed by atoms with E-state index in [2.05, 4.69) is 20.4 Å².